The number of methoxy groups -OCH3 is 2. The molecule has 2 aromatic carbocycles. The van der Waals surface area contributed by atoms with Crippen molar-refractivity contribution in [1.82, 2.24) is 15.0 Å². The Balaban J connectivity index is 1.38. The Morgan fingerprint density at radius 1 is 1.22 bits per heavy atom. The maximum atomic E-state index is 12.8. The summed E-state index contributed by atoms with van der Waals surface area (Å²) < 4.78 is 17.0. The number of anilines is 1. The molecule has 1 fully saturated rings. The zero-order valence-electron chi connectivity index (χ0n) is 18.0. The van der Waals surface area contributed by atoms with Gasteiger partial charge in [0.2, 0.25) is 17.6 Å². The number of carbonyl (C=O) groups is 1. The standard InChI is InChI=1S/C23H25BrN4O4/c1-30-19-9-8-15(11-20(19)31-2)22-26-21(32-27-22)14-28-10-4-5-16(13-28)23(29)25-18-7-3-6-17(24)12-18/h3,6-9,11-12,16H,4-5,10,13-14H2,1-2H3,(H,25,29). The van der Waals surface area contributed by atoms with Crippen molar-refractivity contribution >= 4 is 27.5 Å². The lowest BCUT2D eigenvalue weighted by molar-refractivity contribution is -0.121. The van der Waals surface area contributed by atoms with Crippen LogP contribution in [0.15, 0.2) is 51.5 Å². The van der Waals surface area contributed by atoms with E-state index in [2.05, 4.69) is 36.3 Å². The van der Waals surface area contributed by atoms with Crippen LogP contribution in [0.1, 0.15) is 18.7 Å². The summed E-state index contributed by atoms with van der Waals surface area (Å²) in [5.41, 5.74) is 1.57. The third kappa shape index (κ3) is 5.28. The highest BCUT2D eigenvalue weighted by atomic mass is 79.9. The van der Waals surface area contributed by atoms with Crippen LogP contribution in [0, 0.1) is 5.92 Å². The van der Waals surface area contributed by atoms with E-state index in [0.717, 1.165) is 35.1 Å². The van der Waals surface area contributed by atoms with Crippen molar-refractivity contribution in [3.8, 4) is 22.9 Å². The van der Waals surface area contributed by atoms with E-state index in [1.165, 1.54) is 0 Å². The van der Waals surface area contributed by atoms with E-state index >= 15 is 0 Å². The van der Waals surface area contributed by atoms with Gasteiger partial charge in [0.05, 0.1) is 26.7 Å². The molecule has 1 aliphatic rings. The molecule has 9 heteroatoms. The highest BCUT2D eigenvalue weighted by Crippen LogP contribution is 2.31. The van der Waals surface area contributed by atoms with Gasteiger partial charge in [-0.05, 0) is 55.8 Å². The minimum atomic E-state index is -0.0871. The fourth-order valence-electron chi connectivity index (χ4n) is 3.83. The van der Waals surface area contributed by atoms with Crippen LogP contribution in [0.5, 0.6) is 11.5 Å². The number of amides is 1. The summed E-state index contributed by atoms with van der Waals surface area (Å²) >= 11 is 3.43. The molecule has 0 aliphatic carbocycles. The fourth-order valence-corrected chi connectivity index (χ4v) is 4.23. The number of hydrogen-bond donors (Lipinski definition) is 1. The van der Waals surface area contributed by atoms with Crippen LogP contribution in [0.4, 0.5) is 5.69 Å². The average Bonchev–Trinajstić information content (AvgIpc) is 3.27. The zero-order valence-corrected chi connectivity index (χ0v) is 19.6. The molecule has 0 saturated carbocycles. The molecule has 3 aromatic rings. The van der Waals surface area contributed by atoms with Crippen LogP contribution in [0.3, 0.4) is 0 Å². The summed E-state index contributed by atoms with van der Waals surface area (Å²) in [6.45, 7) is 2.03. The number of benzene rings is 2. The predicted octanol–water partition coefficient (Wildman–Crippen LogP) is 4.37. The first kappa shape index (κ1) is 22.3. The van der Waals surface area contributed by atoms with Gasteiger partial charge < -0.3 is 19.3 Å². The first-order valence-electron chi connectivity index (χ1n) is 10.4. The molecular weight excluding hydrogens is 476 g/mol. The zero-order chi connectivity index (χ0) is 22.5. The summed E-state index contributed by atoms with van der Waals surface area (Å²) in [4.78, 5) is 19.5. The maximum Gasteiger partial charge on any atom is 0.241 e. The van der Waals surface area contributed by atoms with Gasteiger partial charge in [0, 0.05) is 22.3 Å². The van der Waals surface area contributed by atoms with Gasteiger partial charge in [-0.1, -0.05) is 27.2 Å². The second kappa shape index (κ2) is 10.1. The van der Waals surface area contributed by atoms with Crippen LogP contribution < -0.4 is 14.8 Å². The summed E-state index contributed by atoms with van der Waals surface area (Å²) in [5.74, 6) is 2.19. The minimum Gasteiger partial charge on any atom is -0.493 e. The molecular formula is C23H25BrN4O4. The van der Waals surface area contributed by atoms with E-state index in [9.17, 15) is 4.79 Å². The van der Waals surface area contributed by atoms with Crippen LogP contribution in [0.2, 0.25) is 0 Å². The van der Waals surface area contributed by atoms with Gasteiger partial charge >= 0.3 is 0 Å². The number of nitrogens with zero attached hydrogens (tertiary/aromatic N) is 3. The van der Waals surface area contributed by atoms with Crippen LogP contribution in [-0.2, 0) is 11.3 Å². The lowest BCUT2D eigenvalue weighted by Gasteiger charge is -2.30. The first-order valence-corrected chi connectivity index (χ1v) is 11.2. The number of halogens is 1. The third-order valence-electron chi connectivity index (χ3n) is 5.44. The number of likely N-dealkylation sites (tertiary alicyclic amines) is 1. The molecule has 4 rings (SSSR count). The Kier molecular flexibility index (Phi) is 7.06. The SMILES string of the molecule is COc1ccc(-c2noc(CN3CCCC(C(=O)Nc4cccc(Br)c4)C3)n2)cc1OC. The van der Waals surface area contributed by atoms with Crippen molar-refractivity contribution in [2.45, 2.75) is 19.4 Å². The molecule has 32 heavy (non-hydrogen) atoms. The summed E-state index contributed by atoms with van der Waals surface area (Å²) in [6, 6.07) is 13.1. The Morgan fingerprint density at radius 3 is 2.84 bits per heavy atom. The molecule has 168 valence electrons. The van der Waals surface area contributed by atoms with Gasteiger partial charge in [0.25, 0.3) is 0 Å². The van der Waals surface area contributed by atoms with Gasteiger partial charge in [-0.15, -0.1) is 0 Å². The van der Waals surface area contributed by atoms with Crippen LogP contribution >= 0.6 is 15.9 Å². The largest absolute Gasteiger partial charge is 0.493 e. The molecule has 1 N–H and O–H groups in total. The molecule has 1 atom stereocenters. The quantitative estimate of drug-likeness (QED) is 0.515. The molecule has 0 spiro atoms. The molecule has 1 aromatic heterocycles. The lowest BCUT2D eigenvalue weighted by atomic mass is 9.97. The molecule has 2 heterocycles. The highest BCUT2D eigenvalue weighted by molar-refractivity contribution is 9.10. The Labute approximate surface area is 195 Å². The summed E-state index contributed by atoms with van der Waals surface area (Å²) in [6.07, 6.45) is 1.80. The van der Waals surface area contributed by atoms with Crippen LogP contribution in [-0.4, -0.2) is 48.3 Å². The van der Waals surface area contributed by atoms with Gasteiger partial charge in [-0.25, -0.2) is 0 Å². The van der Waals surface area contributed by atoms with Gasteiger partial charge in [0.1, 0.15) is 0 Å². The van der Waals surface area contributed by atoms with E-state index in [4.69, 9.17) is 14.0 Å². The smallest absolute Gasteiger partial charge is 0.241 e. The summed E-state index contributed by atoms with van der Waals surface area (Å²) in [7, 11) is 3.18. The number of carbonyl (C=O) groups excluding carboxylic acids is 1. The number of nitrogens with one attached hydrogen (secondary N) is 1. The number of rotatable bonds is 7. The number of piperidine rings is 1. The Hall–Kier alpha value is -2.91. The topological polar surface area (TPSA) is 89.7 Å². The van der Waals surface area contributed by atoms with Crippen molar-refractivity contribution in [2.75, 3.05) is 32.6 Å². The highest BCUT2D eigenvalue weighted by Gasteiger charge is 2.27. The van der Waals surface area contributed by atoms with E-state index in [-0.39, 0.29) is 11.8 Å². The number of hydrogen-bond acceptors (Lipinski definition) is 7. The van der Waals surface area contributed by atoms with Crippen molar-refractivity contribution in [3.63, 3.8) is 0 Å². The van der Waals surface area contributed by atoms with Gasteiger partial charge in [0.15, 0.2) is 11.5 Å². The molecule has 1 unspecified atom stereocenters. The van der Waals surface area contributed by atoms with E-state index < -0.39 is 0 Å². The molecule has 1 saturated heterocycles. The predicted molar refractivity (Wildman–Crippen MR) is 124 cm³/mol. The second-order valence-electron chi connectivity index (χ2n) is 7.66. The Morgan fingerprint density at radius 2 is 2.06 bits per heavy atom. The first-order chi connectivity index (χ1) is 15.6. The fraction of sp³-hybridized carbons (Fsp3) is 0.348. The molecule has 1 aliphatic heterocycles. The van der Waals surface area contributed by atoms with Crippen LogP contribution in [0.25, 0.3) is 11.4 Å². The minimum absolute atomic E-state index is 0.0318. The number of aromatic nitrogens is 2. The van der Waals surface area contributed by atoms with Crippen molar-refractivity contribution in [3.05, 3.63) is 52.8 Å². The molecule has 0 radical (unpaired) electrons. The van der Waals surface area contributed by atoms with E-state index in [1.54, 1.807) is 14.2 Å². The van der Waals surface area contributed by atoms with E-state index in [0.29, 0.717) is 36.3 Å². The maximum absolute atomic E-state index is 12.8. The molecule has 0 bridgehead atoms. The lowest BCUT2D eigenvalue weighted by Crippen LogP contribution is -2.40. The van der Waals surface area contributed by atoms with Crippen molar-refractivity contribution in [2.24, 2.45) is 5.92 Å². The van der Waals surface area contributed by atoms with Gasteiger partial charge in [-0.3, -0.25) is 9.69 Å². The molecule has 8 nitrogen and oxygen atoms in total. The monoisotopic (exact) mass is 500 g/mol. The molecule has 1 amide bonds. The summed E-state index contributed by atoms with van der Waals surface area (Å²) in [5, 5.41) is 7.12. The second-order valence-corrected chi connectivity index (χ2v) is 8.57. The normalized spacial score (nSPS) is 16.5. The Bertz CT molecular complexity index is 1090. The van der Waals surface area contributed by atoms with E-state index in [1.807, 2.05) is 42.5 Å². The third-order valence-corrected chi connectivity index (χ3v) is 5.93. The average molecular weight is 501 g/mol. The van der Waals surface area contributed by atoms with Crippen molar-refractivity contribution < 1.29 is 18.8 Å². The number of ether oxygens (including phenoxy) is 2. The van der Waals surface area contributed by atoms with Gasteiger partial charge in [-0.2, -0.15) is 4.98 Å². The van der Waals surface area contributed by atoms with Crippen molar-refractivity contribution in [1.29, 1.82) is 0 Å².